The zero-order chi connectivity index (χ0) is 19.6. The van der Waals surface area contributed by atoms with Crippen molar-refractivity contribution in [1.29, 1.82) is 0 Å². The maximum Gasteiger partial charge on any atom is 0.231 e. The molecule has 1 aromatic heterocycles. The smallest absolute Gasteiger partial charge is 0.231 e. The van der Waals surface area contributed by atoms with Gasteiger partial charge in [-0.05, 0) is 41.5 Å². The Morgan fingerprint density at radius 1 is 0.966 bits per heavy atom. The van der Waals surface area contributed by atoms with Crippen LogP contribution in [0.15, 0.2) is 60.9 Å². The summed E-state index contributed by atoms with van der Waals surface area (Å²) >= 11 is 0. The van der Waals surface area contributed by atoms with E-state index in [1.165, 1.54) is 0 Å². The molecule has 6 heteroatoms. The van der Waals surface area contributed by atoms with Crippen molar-refractivity contribution < 1.29 is 19.3 Å². The average molecular weight is 390 g/mol. The highest BCUT2D eigenvalue weighted by atomic mass is 16.7. The fourth-order valence-corrected chi connectivity index (χ4v) is 3.87. The van der Waals surface area contributed by atoms with Gasteiger partial charge in [0.25, 0.3) is 0 Å². The van der Waals surface area contributed by atoms with Gasteiger partial charge in [-0.1, -0.05) is 18.2 Å². The second-order valence-electron chi connectivity index (χ2n) is 7.26. The maximum atomic E-state index is 10.8. The highest BCUT2D eigenvalue weighted by molar-refractivity contribution is 5.48. The molecule has 2 aromatic carbocycles. The summed E-state index contributed by atoms with van der Waals surface area (Å²) in [6, 6.07) is 15.6. The Bertz CT molecular complexity index is 1010. The number of hydrogen-bond donors (Lipinski definition) is 1. The van der Waals surface area contributed by atoms with Crippen molar-refractivity contribution in [3.63, 3.8) is 0 Å². The first kappa shape index (κ1) is 18.0. The van der Waals surface area contributed by atoms with E-state index in [1.54, 1.807) is 12.4 Å². The predicted molar refractivity (Wildman–Crippen MR) is 107 cm³/mol. The number of aromatic nitrogens is 1. The lowest BCUT2D eigenvalue weighted by molar-refractivity contribution is 0.170. The molecule has 1 atom stereocenters. The number of para-hydroxylation sites is 1. The summed E-state index contributed by atoms with van der Waals surface area (Å²) in [5.41, 5.74) is 3.84. The first-order valence-electron chi connectivity index (χ1n) is 9.71. The molecule has 0 radical (unpaired) electrons. The summed E-state index contributed by atoms with van der Waals surface area (Å²) in [6.07, 6.45) is 2.69. The number of aliphatic hydroxyl groups excluding tert-OH is 1. The third-order valence-electron chi connectivity index (χ3n) is 5.35. The summed E-state index contributed by atoms with van der Waals surface area (Å²) in [4.78, 5) is 6.35. The van der Waals surface area contributed by atoms with Crippen LogP contribution in [0.5, 0.6) is 17.2 Å². The Balaban J connectivity index is 1.39. The summed E-state index contributed by atoms with van der Waals surface area (Å²) in [5, 5.41) is 10.8. The van der Waals surface area contributed by atoms with Gasteiger partial charge in [0.1, 0.15) is 18.5 Å². The van der Waals surface area contributed by atoms with E-state index in [0.717, 1.165) is 59.1 Å². The Morgan fingerprint density at radius 3 is 2.76 bits per heavy atom. The van der Waals surface area contributed by atoms with Crippen molar-refractivity contribution in [3.05, 3.63) is 83.2 Å². The molecule has 5 rings (SSSR count). The zero-order valence-corrected chi connectivity index (χ0v) is 16.0. The molecule has 0 spiro atoms. The maximum absolute atomic E-state index is 10.8. The highest BCUT2D eigenvalue weighted by Gasteiger charge is 2.22. The Hall–Kier alpha value is -3.09. The van der Waals surface area contributed by atoms with Crippen molar-refractivity contribution in [2.75, 3.05) is 19.9 Å². The standard InChI is InChI=1S/C23H22N2O4/c26-22(16-6-8-24-9-7-16)17-4-5-20-19(12-17)14-25(10-11-27-20)13-18-2-1-3-21-23(18)29-15-28-21/h1-9,12,22,26H,10-11,13-15H2/t22-/m1/s1. The van der Waals surface area contributed by atoms with Crippen LogP contribution < -0.4 is 14.2 Å². The molecule has 0 aliphatic carbocycles. The fourth-order valence-electron chi connectivity index (χ4n) is 3.87. The van der Waals surface area contributed by atoms with Crippen molar-refractivity contribution in [1.82, 2.24) is 9.88 Å². The molecule has 0 saturated carbocycles. The molecule has 0 bridgehead atoms. The molecule has 2 aliphatic heterocycles. The van der Waals surface area contributed by atoms with Crippen molar-refractivity contribution in [2.45, 2.75) is 19.2 Å². The van der Waals surface area contributed by atoms with Crippen LogP contribution in [0.2, 0.25) is 0 Å². The SMILES string of the molecule is O[C@H](c1ccncc1)c1ccc2c(c1)CN(Cc1cccc3c1OCO3)CCO2. The molecule has 2 aliphatic rings. The second-order valence-corrected chi connectivity index (χ2v) is 7.26. The van der Waals surface area contributed by atoms with Crippen LogP contribution in [0.3, 0.4) is 0 Å². The van der Waals surface area contributed by atoms with Crippen LogP contribution in [0, 0.1) is 0 Å². The molecule has 1 N–H and O–H groups in total. The van der Waals surface area contributed by atoms with E-state index in [1.807, 2.05) is 42.5 Å². The normalized spacial score (nSPS) is 16.6. The molecule has 0 fully saturated rings. The topological polar surface area (TPSA) is 64.1 Å². The van der Waals surface area contributed by atoms with Crippen LogP contribution in [-0.4, -0.2) is 34.9 Å². The van der Waals surface area contributed by atoms with E-state index >= 15 is 0 Å². The lowest BCUT2D eigenvalue weighted by Gasteiger charge is -2.20. The minimum Gasteiger partial charge on any atom is -0.492 e. The number of benzene rings is 2. The lowest BCUT2D eigenvalue weighted by atomic mass is 10.00. The lowest BCUT2D eigenvalue weighted by Crippen LogP contribution is -2.25. The fraction of sp³-hybridized carbons (Fsp3) is 0.261. The van der Waals surface area contributed by atoms with Gasteiger partial charge in [0.15, 0.2) is 11.5 Å². The van der Waals surface area contributed by atoms with Gasteiger partial charge in [0.2, 0.25) is 6.79 Å². The zero-order valence-electron chi connectivity index (χ0n) is 16.0. The van der Waals surface area contributed by atoms with Crippen LogP contribution in [0.4, 0.5) is 0 Å². The van der Waals surface area contributed by atoms with Gasteiger partial charge in [-0.2, -0.15) is 0 Å². The minimum atomic E-state index is -0.692. The number of nitrogens with zero attached hydrogens (tertiary/aromatic N) is 2. The first-order valence-corrected chi connectivity index (χ1v) is 9.71. The number of aliphatic hydroxyl groups is 1. The van der Waals surface area contributed by atoms with E-state index < -0.39 is 6.10 Å². The van der Waals surface area contributed by atoms with Gasteiger partial charge in [-0.15, -0.1) is 0 Å². The molecular weight excluding hydrogens is 368 g/mol. The Morgan fingerprint density at radius 2 is 1.86 bits per heavy atom. The molecule has 0 unspecified atom stereocenters. The minimum absolute atomic E-state index is 0.272. The van der Waals surface area contributed by atoms with Gasteiger partial charge in [-0.25, -0.2) is 0 Å². The van der Waals surface area contributed by atoms with Crippen LogP contribution in [0.1, 0.15) is 28.4 Å². The Kier molecular flexibility index (Phi) is 4.79. The molecule has 0 saturated heterocycles. The number of hydrogen-bond acceptors (Lipinski definition) is 6. The van der Waals surface area contributed by atoms with E-state index in [9.17, 15) is 5.11 Å². The van der Waals surface area contributed by atoms with E-state index in [4.69, 9.17) is 14.2 Å². The molecule has 3 heterocycles. The van der Waals surface area contributed by atoms with Crippen LogP contribution in [-0.2, 0) is 13.1 Å². The van der Waals surface area contributed by atoms with Crippen molar-refractivity contribution >= 4 is 0 Å². The van der Waals surface area contributed by atoms with Gasteiger partial charge < -0.3 is 19.3 Å². The van der Waals surface area contributed by atoms with Crippen molar-refractivity contribution in [3.8, 4) is 17.2 Å². The van der Waals surface area contributed by atoms with Gasteiger partial charge in [-0.3, -0.25) is 9.88 Å². The molecule has 29 heavy (non-hydrogen) atoms. The second kappa shape index (κ2) is 7.73. The number of rotatable bonds is 4. The molecule has 3 aromatic rings. The Labute approximate surface area is 169 Å². The molecule has 148 valence electrons. The van der Waals surface area contributed by atoms with Crippen LogP contribution in [0.25, 0.3) is 0 Å². The van der Waals surface area contributed by atoms with E-state index in [2.05, 4.69) is 16.0 Å². The summed E-state index contributed by atoms with van der Waals surface area (Å²) in [7, 11) is 0. The van der Waals surface area contributed by atoms with E-state index in [0.29, 0.717) is 6.61 Å². The summed E-state index contributed by atoms with van der Waals surface area (Å²) < 4.78 is 17.1. The molecular formula is C23H22N2O4. The molecule has 6 nitrogen and oxygen atoms in total. The monoisotopic (exact) mass is 390 g/mol. The number of fused-ring (bicyclic) bond motifs is 2. The summed E-state index contributed by atoms with van der Waals surface area (Å²) in [5.74, 6) is 2.51. The largest absolute Gasteiger partial charge is 0.492 e. The highest BCUT2D eigenvalue weighted by Crippen LogP contribution is 2.37. The predicted octanol–water partition coefficient (Wildman–Crippen LogP) is 3.29. The number of pyridine rings is 1. The third-order valence-corrected chi connectivity index (χ3v) is 5.35. The quantitative estimate of drug-likeness (QED) is 0.738. The van der Waals surface area contributed by atoms with Gasteiger partial charge in [0, 0.05) is 43.2 Å². The van der Waals surface area contributed by atoms with Gasteiger partial charge >= 0.3 is 0 Å². The molecule has 0 amide bonds. The average Bonchev–Trinajstić information content (AvgIpc) is 3.16. The summed E-state index contributed by atoms with van der Waals surface area (Å²) in [6.45, 7) is 3.17. The van der Waals surface area contributed by atoms with Gasteiger partial charge in [0.05, 0.1) is 0 Å². The van der Waals surface area contributed by atoms with E-state index in [-0.39, 0.29) is 6.79 Å². The van der Waals surface area contributed by atoms with Crippen molar-refractivity contribution in [2.24, 2.45) is 0 Å². The number of ether oxygens (including phenoxy) is 3. The van der Waals surface area contributed by atoms with Crippen LogP contribution >= 0.6 is 0 Å². The third kappa shape index (κ3) is 3.64. The first-order chi connectivity index (χ1) is 14.3.